The first kappa shape index (κ1) is 37.9. The molecule has 1 heteroatoms. The Morgan fingerprint density at radius 2 is 0.378 bits per heavy atom. The molecule has 0 N–H and O–H groups in total. The van der Waals surface area contributed by atoms with Gasteiger partial charge >= 0.3 is 173 Å². The van der Waals surface area contributed by atoms with Crippen molar-refractivity contribution in [2.45, 2.75) is 228 Å². The van der Waals surface area contributed by atoms with Gasteiger partial charge in [0.1, 0.15) is 0 Å². The summed E-state index contributed by atoms with van der Waals surface area (Å²) in [4.78, 5) is 0. The van der Waals surface area contributed by atoms with Crippen molar-refractivity contribution < 1.29 is 0 Å². The summed E-state index contributed by atoms with van der Waals surface area (Å²) >= 11 is -0.0825. The Bertz CT molecular complexity index is 332. The molecule has 0 amide bonds. The van der Waals surface area contributed by atoms with Gasteiger partial charge in [0, 0.05) is 0 Å². The second kappa shape index (κ2) is 36.9. The van der Waals surface area contributed by atoms with Crippen molar-refractivity contribution in [3.05, 3.63) is 0 Å². The first-order valence-corrected chi connectivity index (χ1v) is 23.0. The van der Waals surface area contributed by atoms with Crippen LogP contribution in [0, 0.1) is 0 Å². The minimum absolute atomic E-state index is 0.0825. The van der Waals surface area contributed by atoms with Crippen LogP contribution >= 0.6 is 0 Å². The molecule has 0 aliphatic carbocycles. The predicted molar refractivity (Wildman–Crippen MR) is 174 cm³/mol. The molecule has 0 fully saturated rings. The smallest absolute Gasteiger partial charge is 0.0654 e. The molecule has 0 spiro atoms. The van der Waals surface area contributed by atoms with E-state index in [1.807, 2.05) is 0 Å². The fourth-order valence-electron chi connectivity index (χ4n) is 5.66. The maximum absolute atomic E-state index is 2.31. The minimum atomic E-state index is -0.0825. The van der Waals surface area contributed by atoms with Gasteiger partial charge in [-0.1, -0.05) is 78.1 Å². The van der Waals surface area contributed by atoms with Gasteiger partial charge in [-0.3, -0.25) is 0 Å². The third kappa shape index (κ3) is 36.9. The van der Waals surface area contributed by atoms with E-state index in [9.17, 15) is 0 Å². The Balaban J connectivity index is 3.00. The van der Waals surface area contributed by atoms with Gasteiger partial charge in [0.25, 0.3) is 0 Å². The minimum Gasteiger partial charge on any atom is -0.0654 e. The molecule has 0 aliphatic rings. The predicted octanol–water partition coefficient (Wildman–Crippen LogP) is 14.1. The first-order chi connectivity index (χ1) is 18.4. The summed E-state index contributed by atoms with van der Waals surface area (Å²) in [6.07, 6.45) is 47.9. The molecule has 0 saturated heterocycles. The van der Waals surface area contributed by atoms with Gasteiger partial charge in [-0.2, -0.15) is 0 Å². The van der Waals surface area contributed by atoms with E-state index in [-0.39, 0.29) is 23.2 Å². The SMILES string of the molecule is CCCCCCCCCCCCCCCCC[CH2][Bi+2][CH2]CCCCCCCCCCCCCCCCC. The Morgan fingerprint density at radius 1 is 0.216 bits per heavy atom. The van der Waals surface area contributed by atoms with Crippen LogP contribution in [0.4, 0.5) is 0 Å². The van der Waals surface area contributed by atoms with E-state index in [0.29, 0.717) is 0 Å². The molecule has 0 nitrogen and oxygen atoms in total. The van der Waals surface area contributed by atoms with Gasteiger partial charge in [0.2, 0.25) is 0 Å². The van der Waals surface area contributed by atoms with Gasteiger partial charge in [-0.05, 0) is 0 Å². The first-order valence-electron chi connectivity index (χ1n) is 18.0. The zero-order chi connectivity index (χ0) is 26.7. The van der Waals surface area contributed by atoms with Crippen LogP contribution < -0.4 is 0 Å². The van der Waals surface area contributed by atoms with E-state index >= 15 is 0 Å². The van der Waals surface area contributed by atoms with Crippen LogP contribution in [-0.2, 0) is 0 Å². The molecule has 37 heavy (non-hydrogen) atoms. The fraction of sp³-hybridized carbons (Fsp3) is 1.00. The summed E-state index contributed by atoms with van der Waals surface area (Å²) in [5, 5.41) is 0. The molecule has 0 atom stereocenters. The summed E-state index contributed by atoms with van der Waals surface area (Å²) in [5.41, 5.74) is 0. The summed E-state index contributed by atoms with van der Waals surface area (Å²) in [7, 11) is 0. The summed E-state index contributed by atoms with van der Waals surface area (Å²) in [6, 6.07) is 0. The van der Waals surface area contributed by atoms with Crippen LogP contribution in [0.3, 0.4) is 0 Å². The second-order valence-electron chi connectivity index (χ2n) is 12.3. The van der Waals surface area contributed by atoms with Crippen LogP contribution in [-0.4, -0.2) is 23.2 Å². The molecular weight excluding hydrogens is 641 g/mol. The Kier molecular flexibility index (Phi) is 37.8. The van der Waals surface area contributed by atoms with Crippen molar-refractivity contribution in [2.75, 3.05) is 0 Å². The number of hydrogen-bond donors (Lipinski definition) is 0. The Hall–Kier alpha value is 0.883. The topological polar surface area (TPSA) is 0 Å². The molecule has 0 saturated carbocycles. The third-order valence-corrected chi connectivity index (χ3v) is 13.3. The van der Waals surface area contributed by atoms with Crippen LogP contribution in [0.2, 0.25) is 8.26 Å². The fourth-order valence-corrected chi connectivity index (χ4v) is 10.0. The van der Waals surface area contributed by atoms with Crippen molar-refractivity contribution in [2.24, 2.45) is 0 Å². The van der Waals surface area contributed by atoms with E-state index < -0.39 is 0 Å². The quantitative estimate of drug-likeness (QED) is 0.0460. The van der Waals surface area contributed by atoms with Crippen molar-refractivity contribution in [3.8, 4) is 0 Å². The van der Waals surface area contributed by atoms with E-state index in [0.717, 1.165) is 0 Å². The molecule has 0 aromatic carbocycles. The summed E-state index contributed by atoms with van der Waals surface area (Å²) in [5.74, 6) is 0. The summed E-state index contributed by atoms with van der Waals surface area (Å²) < 4.78 is 3.36. The zero-order valence-electron chi connectivity index (χ0n) is 26.5. The molecule has 0 aromatic heterocycles. The van der Waals surface area contributed by atoms with Gasteiger partial charge in [-0.25, -0.2) is 0 Å². The number of rotatable bonds is 34. The molecule has 221 valence electrons. The molecule has 0 aliphatic heterocycles. The van der Waals surface area contributed by atoms with Gasteiger partial charge in [0.15, 0.2) is 0 Å². The normalized spacial score (nSPS) is 11.4. The van der Waals surface area contributed by atoms with E-state index in [1.165, 1.54) is 180 Å². The maximum atomic E-state index is 2.31. The van der Waals surface area contributed by atoms with E-state index in [1.54, 1.807) is 33.9 Å². The second-order valence-corrected chi connectivity index (χ2v) is 17.5. The molecule has 0 bridgehead atoms. The number of hydrogen-bond acceptors (Lipinski definition) is 0. The van der Waals surface area contributed by atoms with Crippen molar-refractivity contribution in [1.82, 2.24) is 0 Å². The average Bonchev–Trinajstić information content (AvgIpc) is 2.91. The van der Waals surface area contributed by atoms with E-state index in [2.05, 4.69) is 13.8 Å². The van der Waals surface area contributed by atoms with Crippen molar-refractivity contribution >= 4 is 23.2 Å². The van der Waals surface area contributed by atoms with Crippen molar-refractivity contribution in [1.29, 1.82) is 0 Å². The molecule has 0 heterocycles. The van der Waals surface area contributed by atoms with Crippen LogP contribution in [0.15, 0.2) is 0 Å². The van der Waals surface area contributed by atoms with Crippen LogP contribution in [0.1, 0.15) is 219 Å². The van der Waals surface area contributed by atoms with Crippen LogP contribution in [0.25, 0.3) is 0 Å². The monoisotopic (exact) mass is 716 g/mol. The Labute approximate surface area is 249 Å². The number of unbranched alkanes of at least 4 members (excludes halogenated alkanes) is 30. The van der Waals surface area contributed by atoms with Crippen molar-refractivity contribution in [3.63, 3.8) is 0 Å². The molecular formula is C36H74Bi+2. The molecule has 0 rings (SSSR count). The third-order valence-electron chi connectivity index (χ3n) is 8.34. The molecule has 0 aromatic rings. The van der Waals surface area contributed by atoms with Gasteiger partial charge in [0.05, 0.1) is 0 Å². The van der Waals surface area contributed by atoms with Crippen LogP contribution in [0.5, 0.6) is 0 Å². The van der Waals surface area contributed by atoms with Gasteiger partial charge in [-0.15, -0.1) is 0 Å². The standard InChI is InChI=1S/2C18H37.Bi/c2*1-3-5-7-9-11-13-15-17-18-16-14-12-10-8-6-4-2;/h2*1,3-18H2,2H3;/q;;+2. The van der Waals surface area contributed by atoms with E-state index in [4.69, 9.17) is 0 Å². The van der Waals surface area contributed by atoms with Gasteiger partial charge < -0.3 is 0 Å². The molecule has 0 unspecified atom stereocenters. The summed E-state index contributed by atoms with van der Waals surface area (Å²) in [6.45, 7) is 4.62. The molecule has 1 radical (unpaired) electrons. The zero-order valence-corrected chi connectivity index (χ0v) is 30.0. The Morgan fingerprint density at radius 3 is 0.568 bits per heavy atom. The average molecular weight is 716 g/mol.